The van der Waals surface area contributed by atoms with Gasteiger partial charge in [0, 0.05) is 31.6 Å². The minimum Gasteiger partial charge on any atom is -0.490 e. The third-order valence-corrected chi connectivity index (χ3v) is 3.02. The second-order valence-electron chi connectivity index (χ2n) is 6.34. The Labute approximate surface area is 114 Å². The minimum atomic E-state index is -0.107. The first-order valence-corrected chi connectivity index (χ1v) is 6.68. The Hall–Kier alpha value is -1.58. The van der Waals surface area contributed by atoms with E-state index in [1.807, 2.05) is 6.07 Å². The first-order chi connectivity index (χ1) is 8.77. The fourth-order valence-electron chi connectivity index (χ4n) is 1.67. The standard InChI is InChI=1S/C15H22N2O2/c1-15(2,3)13-9-11(19-10-6-7-10)8-12(16-13)14(18)17(4)5/h8-10H,6-7H2,1-5H3. The van der Waals surface area contributed by atoms with Crippen LogP contribution in [0.3, 0.4) is 0 Å². The molecule has 1 heterocycles. The Morgan fingerprint density at radius 3 is 2.42 bits per heavy atom. The molecule has 1 aromatic heterocycles. The number of rotatable bonds is 3. The SMILES string of the molecule is CN(C)C(=O)c1cc(OC2CC2)cc(C(C)(C)C)n1. The van der Waals surface area contributed by atoms with Crippen LogP contribution in [-0.2, 0) is 5.41 Å². The molecule has 0 radical (unpaired) electrons. The van der Waals surface area contributed by atoms with Crippen LogP contribution in [0.5, 0.6) is 5.75 Å². The fourth-order valence-corrected chi connectivity index (χ4v) is 1.67. The molecule has 1 fully saturated rings. The average molecular weight is 262 g/mol. The van der Waals surface area contributed by atoms with Crippen molar-refractivity contribution in [3.8, 4) is 5.75 Å². The summed E-state index contributed by atoms with van der Waals surface area (Å²) in [5.74, 6) is 0.666. The summed E-state index contributed by atoms with van der Waals surface area (Å²) in [5, 5.41) is 0. The number of amides is 1. The molecule has 1 aliphatic rings. The van der Waals surface area contributed by atoms with Gasteiger partial charge < -0.3 is 9.64 Å². The van der Waals surface area contributed by atoms with Crippen LogP contribution in [0, 0.1) is 0 Å². The highest BCUT2D eigenvalue weighted by molar-refractivity contribution is 5.92. The van der Waals surface area contributed by atoms with Crippen LogP contribution in [0.2, 0.25) is 0 Å². The van der Waals surface area contributed by atoms with Crippen molar-refractivity contribution in [3.05, 3.63) is 23.5 Å². The molecule has 4 nitrogen and oxygen atoms in total. The van der Waals surface area contributed by atoms with Gasteiger partial charge in [-0.05, 0) is 12.8 Å². The molecule has 0 bridgehead atoms. The van der Waals surface area contributed by atoms with E-state index in [4.69, 9.17) is 4.74 Å². The summed E-state index contributed by atoms with van der Waals surface area (Å²) in [4.78, 5) is 18.1. The normalized spacial score (nSPS) is 15.2. The van der Waals surface area contributed by atoms with Gasteiger partial charge in [-0.2, -0.15) is 0 Å². The maximum absolute atomic E-state index is 12.1. The molecular weight excluding hydrogens is 240 g/mol. The molecule has 0 aliphatic heterocycles. The summed E-state index contributed by atoms with van der Waals surface area (Å²) < 4.78 is 5.82. The van der Waals surface area contributed by atoms with E-state index in [0.717, 1.165) is 24.3 Å². The number of carbonyl (C=O) groups is 1. The molecule has 1 aromatic rings. The Balaban J connectivity index is 2.38. The largest absolute Gasteiger partial charge is 0.490 e. The number of hydrogen-bond donors (Lipinski definition) is 0. The molecule has 1 amide bonds. The van der Waals surface area contributed by atoms with Crippen molar-refractivity contribution in [3.63, 3.8) is 0 Å². The zero-order valence-corrected chi connectivity index (χ0v) is 12.4. The quantitative estimate of drug-likeness (QED) is 0.841. The van der Waals surface area contributed by atoms with Gasteiger partial charge in [0.15, 0.2) is 0 Å². The molecule has 1 aliphatic carbocycles. The summed E-state index contributed by atoms with van der Waals surface area (Å²) in [7, 11) is 3.46. The molecule has 0 unspecified atom stereocenters. The van der Waals surface area contributed by atoms with E-state index in [0.29, 0.717) is 11.8 Å². The summed E-state index contributed by atoms with van der Waals surface area (Å²) in [5.41, 5.74) is 1.23. The minimum absolute atomic E-state index is 0.0910. The van der Waals surface area contributed by atoms with Crippen LogP contribution >= 0.6 is 0 Å². The summed E-state index contributed by atoms with van der Waals surface area (Å²) in [6.45, 7) is 6.25. The number of hydrogen-bond acceptors (Lipinski definition) is 3. The Morgan fingerprint density at radius 1 is 1.32 bits per heavy atom. The highest BCUT2D eigenvalue weighted by atomic mass is 16.5. The van der Waals surface area contributed by atoms with E-state index < -0.39 is 0 Å². The zero-order valence-electron chi connectivity index (χ0n) is 12.4. The van der Waals surface area contributed by atoms with Crippen molar-refractivity contribution in [2.24, 2.45) is 0 Å². The summed E-state index contributed by atoms with van der Waals surface area (Å²) >= 11 is 0. The monoisotopic (exact) mass is 262 g/mol. The molecule has 104 valence electrons. The molecule has 0 atom stereocenters. The van der Waals surface area contributed by atoms with Gasteiger partial charge in [-0.1, -0.05) is 20.8 Å². The van der Waals surface area contributed by atoms with Crippen molar-refractivity contribution >= 4 is 5.91 Å². The number of carbonyl (C=O) groups excluding carboxylic acids is 1. The molecule has 2 rings (SSSR count). The van der Waals surface area contributed by atoms with Gasteiger partial charge in [-0.3, -0.25) is 4.79 Å². The maximum atomic E-state index is 12.1. The van der Waals surface area contributed by atoms with Crippen LogP contribution in [0.25, 0.3) is 0 Å². The lowest BCUT2D eigenvalue weighted by Gasteiger charge is -2.20. The summed E-state index contributed by atoms with van der Waals surface area (Å²) in [6.07, 6.45) is 2.52. The van der Waals surface area contributed by atoms with E-state index in [1.54, 1.807) is 20.2 Å². The number of aromatic nitrogens is 1. The molecule has 0 saturated heterocycles. The molecule has 1 saturated carbocycles. The lowest BCUT2D eigenvalue weighted by atomic mass is 9.91. The first-order valence-electron chi connectivity index (χ1n) is 6.68. The van der Waals surface area contributed by atoms with E-state index in [-0.39, 0.29) is 11.3 Å². The third kappa shape index (κ3) is 3.46. The zero-order chi connectivity index (χ0) is 14.2. The molecule has 0 N–H and O–H groups in total. The fraction of sp³-hybridized carbons (Fsp3) is 0.600. The first kappa shape index (κ1) is 13.8. The highest BCUT2D eigenvalue weighted by Gasteiger charge is 2.26. The van der Waals surface area contributed by atoms with Crippen LogP contribution < -0.4 is 4.74 Å². The molecular formula is C15H22N2O2. The van der Waals surface area contributed by atoms with Gasteiger partial charge in [-0.25, -0.2) is 4.98 Å². The highest BCUT2D eigenvalue weighted by Crippen LogP contribution is 2.30. The van der Waals surface area contributed by atoms with Gasteiger partial charge in [0.05, 0.1) is 11.8 Å². The molecule has 0 aromatic carbocycles. The van der Waals surface area contributed by atoms with Gasteiger partial charge in [0.1, 0.15) is 11.4 Å². The van der Waals surface area contributed by atoms with Gasteiger partial charge >= 0.3 is 0 Å². The van der Waals surface area contributed by atoms with Crippen LogP contribution in [0.15, 0.2) is 12.1 Å². The average Bonchev–Trinajstić information content (AvgIpc) is 3.10. The Morgan fingerprint density at radius 2 is 1.95 bits per heavy atom. The maximum Gasteiger partial charge on any atom is 0.272 e. The lowest BCUT2D eigenvalue weighted by molar-refractivity contribution is 0.0821. The van der Waals surface area contributed by atoms with Gasteiger partial charge in [0.25, 0.3) is 5.91 Å². The number of pyridine rings is 1. The molecule has 4 heteroatoms. The van der Waals surface area contributed by atoms with Crippen molar-refractivity contribution in [2.45, 2.75) is 45.1 Å². The molecule has 19 heavy (non-hydrogen) atoms. The van der Waals surface area contributed by atoms with Crippen molar-refractivity contribution < 1.29 is 9.53 Å². The Kier molecular flexibility index (Phi) is 3.52. The second-order valence-corrected chi connectivity index (χ2v) is 6.34. The predicted octanol–water partition coefficient (Wildman–Crippen LogP) is 2.62. The number of nitrogens with zero attached hydrogens (tertiary/aromatic N) is 2. The van der Waals surface area contributed by atoms with Crippen LogP contribution in [0.4, 0.5) is 0 Å². The van der Waals surface area contributed by atoms with Crippen LogP contribution in [-0.4, -0.2) is 36.0 Å². The molecule has 0 spiro atoms. The summed E-state index contributed by atoms with van der Waals surface area (Å²) in [6, 6.07) is 3.70. The van der Waals surface area contributed by atoms with Gasteiger partial charge in [-0.15, -0.1) is 0 Å². The predicted molar refractivity (Wildman–Crippen MR) is 74.6 cm³/mol. The lowest BCUT2D eigenvalue weighted by Crippen LogP contribution is -2.25. The second kappa shape index (κ2) is 4.83. The van der Waals surface area contributed by atoms with Crippen LogP contribution in [0.1, 0.15) is 49.8 Å². The Bertz CT molecular complexity index is 485. The smallest absolute Gasteiger partial charge is 0.272 e. The van der Waals surface area contributed by atoms with Gasteiger partial charge in [0.2, 0.25) is 0 Å². The third-order valence-electron chi connectivity index (χ3n) is 3.02. The van der Waals surface area contributed by atoms with Crippen molar-refractivity contribution in [1.82, 2.24) is 9.88 Å². The van der Waals surface area contributed by atoms with E-state index >= 15 is 0 Å². The van der Waals surface area contributed by atoms with E-state index in [2.05, 4.69) is 25.8 Å². The number of ether oxygens (including phenoxy) is 1. The van der Waals surface area contributed by atoms with Crippen molar-refractivity contribution in [1.29, 1.82) is 0 Å². The van der Waals surface area contributed by atoms with E-state index in [1.165, 1.54) is 4.90 Å². The topological polar surface area (TPSA) is 42.4 Å². The van der Waals surface area contributed by atoms with E-state index in [9.17, 15) is 4.79 Å². The van der Waals surface area contributed by atoms with Crippen molar-refractivity contribution in [2.75, 3.05) is 14.1 Å².